The molecule has 106 valence electrons. The Morgan fingerprint density at radius 3 is 2.79 bits per heavy atom. The predicted octanol–water partition coefficient (Wildman–Crippen LogP) is 3.06. The Bertz CT molecular complexity index is 463. The Balaban J connectivity index is 0.00000324. The predicted molar refractivity (Wildman–Crippen MR) is 94.3 cm³/mol. The summed E-state index contributed by atoms with van der Waals surface area (Å²) in [4.78, 5) is 4.26. The SMILES string of the molecule is C=C(C)CNC(N)=NCc1cc(Br)ccc1OC.I. The highest BCUT2D eigenvalue weighted by atomic mass is 127. The minimum absolute atomic E-state index is 0. The Labute approximate surface area is 139 Å². The topological polar surface area (TPSA) is 59.6 Å². The van der Waals surface area contributed by atoms with Crippen LogP contribution in [0.1, 0.15) is 12.5 Å². The first kappa shape index (κ1) is 18.2. The Kier molecular flexibility index (Phi) is 8.82. The molecule has 1 aromatic carbocycles. The molecule has 6 heteroatoms. The van der Waals surface area contributed by atoms with Crippen molar-refractivity contribution in [3.63, 3.8) is 0 Å². The van der Waals surface area contributed by atoms with Crippen molar-refractivity contribution < 1.29 is 4.74 Å². The quantitative estimate of drug-likeness (QED) is 0.321. The molecule has 0 aliphatic carbocycles. The third-order valence-electron chi connectivity index (χ3n) is 2.23. The first-order valence-electron chi connectivity index (χ1n) is 5.53. The molecule has 0 saturated carbocycles. The molecule has 0 saturated heterocycles. The van der Waals surface area contributed by atoms with Crippen LogP contribution in [0.3, 0.4) is 0 Å². The number of benzene rings is 1. The lowest BCUT2D eigenvalue weighted by atomic mass is 10.2. The van der Waals surface area contributed by atoms with Crippen molar-refractivity contribution in [3.8, 4) is 5.75 Å². The number of halogens is 2. The Hall–Kier alpha value is -0.760. The maximum atomic E-state index is 5.74. The molecule has 3 N–H and O–H groups in total. The molecule has 0 atom stereocenters. The van der Waals surface area contributed by atoms with Gasteiger partial charge in [-0.2, -0.15) is 0 Å². The molecule has 0 aromatic heterocycles. The van der Waals surface area contributed by atoms with Crippen molar-refractivity contribution in [2.75, 3.05) is 13.7 Å². The summed E-state index contributed by atoms with van der Waals surface area (Å²) >= 11 is 3.42. The van der Waals surface area contributed by atoms with Crippen LogP contribution in [0.4, 0.5) is 0 Å². The molecule has 0 spiro atoms. The smallest absolute Gasteiger partial charge is 0.189 e. The van der Waals surface area contributed by atoms with Gasteiger partial charge in [-0.05, 0) is 25.1 Å². The number of nitrogens with zero attached hydrogens (tertiary/aromatic N) is 1. The van der Waals surface area contributed by atoms with Crippen LogP contribution in [-0.4, -0.2) is 19.6 Å². The second-order valence-corrected chi connectivity index (χ2v) is 4.88. The molecule has 0 aliphatic rings. The first-order valence-corrected chi connectivity index (χ1v) is 6.33. The fourth-order valence-electron chi connectivity index (χ4n) is 1.34. The summed E-state index contributed by atoms with van der Waals surface area (Å²) in [6, 6.07) is 5.79. The van der Waals surface area contributed by atoms with Crippen molar-refractivity contribution >= 4 is 45.9 Å². The lowest BCUT2D eigenvalue weighted by Crippen LogP contribution is -2.32. The third-order valence-corrected chi connectivity index (χ3v) is 2.73. The first-order chi connectivity index (χ1) is 8.52. The van der Waals surface area contributed by atoms with E-state index in [4.69, 9.17) is 10.5 Å². The van der Waals surface area contributed by atoms with Gasteiger partial charge in [-0.1, -0.05) is 28.1 Å². The van der Waals surface area contributed by atoms with Gasteiger partial charge in [-0.3, -0.25) is 0 Å². The molecule has 0 unspecified atom stereocenters. The molecule has 0 fully saturated rings. The molecule has 19 heavy (non-hydrogen) atoms. The van der Waals surface area contributed by atoms with Crippen LogP contribution in [-0.2, 0) is 6.54 Å². The Morgan fingerprint density at radius 2 is 2.21 bits per heavy atom. The third kappa shape index (κ3) is 6.81. The number of nitrogens with one attached hydrogen (secondary N) is 1. The number of rotatable bonds is 5. The zero-order valence-corrected chi connectivity index (χ0v) is 15.0. The molecule has 0 amide bonds. The van der Waals surface area contributed by atoms with Gasteiger partial charge in [-0.25, -0.2) is 4.99 Å². The molecule has 0 radical (unpaired) electrons. The second kappa shape index (κ2) is 9.19. The van der Waals surface area contributed by atoms with E-state index >= 15 is 0 Å². The van der Waals surface area contributed by atoms with Gasteiger partial charge in [0.25, 0.3) is 0 Å². The fourth-order valence-corrected chi connectivity index (χ4v) is 1.75. The van der Waals surface area contributed by atoms with Crippen LogP contribution in [0, 0.1) is 0 Å². The van der Waals surface area contributed by atoms with Crippen molar-refractivity contribution in [2.24, 2.45) is 10.7 Å². The van der Waals surface area contributed by atoms with Gasteiger partial charge in [0.15, 0.2) is 5.96 Å². The van der Waals surface area contributed by atoms with Crippen molar-refractivity contribution in [3.05, 3.63) is 40.4 Å². The zero-order valence-electron chi connectivity index (χ0n) is 11.1. The maximum absolute atomic E-state index is 5.74. The summed E-state index contributed by atoms with van der Waals surface area (Å²) in [7, 11) is 1.64. The molecular weight excluding hydrogens is 421 g/mol. The summed E-state index contributed by atoms with van der Waals surface area (Å²) in [6.45, 7) is 6.81. The van der Waals surface area contributed by atoms with E-state index in [1.165, 1.54) is 0 Å². The summed E-state index contributed by atoms with van der Waals surface area (Å²) in [5.41, 5.74) is 7.73. The average Bonchev–Trinajstić information content (AvgIpc) is 2.34. The monoisotopic (exact) mass is 439 g/mol. The molecular formula is C13H19BrIN3O. The average molecular weight is 440 g/mol. The lowest BCUT2D eigenvalue weighted by molar-refractivity contribution is 0.410. The number of methoxy groups -OCH3 is 1. The summed E-state index contributed by atoms with van der Waals surface area (Å²) in [5.74, 6) is 1.20. The zero-order chi connectivity index (χ0) is 13.5. The number of guanidine groups is 1. The van der Waals surface area contributed by atoms with E-state index in [0.717, 1.165) is 21.4 Å². The Morgan fingerprint density at radius 1 is 1.53 bits per heavy atom. The van der Waals surface area contributed by atoms with Gasteiger partial charge in [-0.15, -0.1) is 24.0 Å². The maximum Gasteiger partial charge on any atom is 0.189 e. The van der Waals surface area contributed by atoms with Gasteiger partial charge in [0.1, 0.15) is 5.75 Å². The van der Waals surface area contributed by atoms with E-state index in [1.54, 1.807) is 7.11 Å². The molecule has 4 nitrogen and oxygen atoms in total. The largest absolute Gasteiger partial charge is 0.496 e. The number of ether oxygens (including phenoxy) is 1. The highest BCUT2D eigenvalue weighted by molar-refractivity contribution is 14.0. The van der Waals surface area contributed by atoms with Gasteiger partial charge in [0, 0.05) is 16.6 Å². The van der Waals surface area contributed by atoms with E-state index < -0.39 is 0 Å². The van der Waals surface area contributed by atoms with Crippen LogP contribution in [0.25, 0.3) is 0 Å². The number of hydrogen-bond donors (Lipinski definition) is 2. The molecule has 0 aliphatic heterocycles. The van der Waals surface area contributed by atoms with Crippen LogP contribution in [0.2, 0.25) is 0 Å². The van der Waals surface area contributed by atoms with E-state index in [-0.39, 0.29) is 24.0 Å². The van der Waals surface area contributed by atoms with E-state index in [1.807, 2.05) is 25.1 Å². The minimum atomic E-state index is 0. The fraction of sp³-hybridized carbons (Fsp3) is 0.308. The van der Waals surface area contributed by atoms with Crippen molar-refractivity contribution in [1.82, 2.24) is 5.32 Å². The molecule has 0 bridgehead atoms. The van der Waals surface area contributed by atoms with E-state index in [9.17, 15) is 0 Å². The molecule has 1 aromatic rings. The summed E-state index contributed by atoms with van der Waals surface area (Å²) in [5, 5.41) is 2.98. The van der Waals surface area contributed by atoms with Gasteiger partial charge in [0.05, 0.1) is 13.7 Å². The van der Waals surface area contributed by atoms with Gasteiger partial charge < -0.3 is 15.8 Å². The molecule has 1 rings (SSSR count). The summed E-state index contributed by atoms with van der Waals surface area (Å²) < 4.78 is 6.25. The van der Waals surface area contributed by atoms with E-state index in [2.05, 4.69) is 32.8 Å². The van der Waals surface area contributed by atoms with Crippen LogP contribution < -0.4 is 15.8 Å². The molecule has 0 heterocycles. The highest BCUT2D eigenvalue weighted by Gasteiger charge is 2.03. The number of aliphatic imine (C=N–C) groups is 1. The second-order valence-electron chi connectivity index (χ2n) is 3.97. The van der Waals surface area contributed by atoms with Crippen LogP contribution in [0.15, 0.2) is 39.8 Å². The lowest BCUT2D eigenvalue weighted by Gasteiger charge is -2.08. The van der Waals surface area contributed by atoms with E-state index in [0.29, 0.717) is 19.0 Å². The van der Waals surface area contributed by atoms with Crippen molar-refractivity contribution in [2.45, 2.75) is 13.5 Å². The number of nitrogens with two attached hydrogens (primary N) is 1. The standard InChI is InChI=1S/C13H18BrN3O.HI/c1-9(2)7-16-13(15)17-8-10-6-11(14)4-5-12(10)18-3;/h4-6H,1,7-8H2,2-3H3,(H3,15,16,17);1H. The van der Waals surface area contributed by atoms with Gasteiger partial charge in [0.2, 0.25) is 0 Å². The van der Waals surface area contributed by atoms with Crippen LogP contribution in [0.5, 0.6) is 5.75 Å². The summed E-state index contributed by atoms with van der Waals surface area (Å²) in [6.07, 6.45) is 0. The van der Waals surface area contributed by atoms with Crippen LogP contribution >= 0.6 is 39.9 Å². The van der Waals surface area contributed by atoms with Crippen molar-refractivity contribution in [1.29, 1.82) is 0 Å². The normalized spacial score (nSPS) is 10.6. The minimum Gasteiger partial charge on any atom is -0.496 e. The number of hydrogen-bond acceptors (Lipinski definition) is 2. The highest BCUT2D eigenvalue weighted by Crippen LogP contribution is 2.23. The van der Waals surface area contributed by atoms with Gasteiger partial charge >= 0.3 is 0 Å².